The summed E-state index contributed by atoms with van der Waals surface area (Å²) in [7, 11) is 0. The average Bonchev–Trinajstić information content (AvgIpc) is 2.94. The van der Waals surface area contributed by atoms with Crippen LogP contribution >= 0.6 is 15.9 Å². The number of fused-ring (bicyclic) bond motifs is 2. The number of carbonyl (C=O) groups is 1. The Morgan fingerprint density at radius 3 is 2.83 bits per heavy atom. The van der Waals surface area contributed by atoms with Crippen LogP contribution in [-0.4, -0.2) is 11.9 Å². The SMILES string of the molecule is Cc1ccc(Br)cc1C(=O)NC1CC2CCC1C2. The number of rotatable bonds is 2. The molecule has 3 rings (SSSR count). The number of nitrogens with one attached hydrogen (secondary N) is 1. The maximum Gasteiger partial charge on any atom is 0.251 e. The summed E-state index contributed by atoms with van der Waals surface area (Å²) in [5.74, 6) is 1.68. The van der Waals surface area contributed by atoms with Gasteiger partial charge in [-0.2, -0.15) is 0 Å². The summed E-state index contributed by atoms with van der Waals surface area (Å²) < 4.78 is 0.964. The van der Waals surface area contributed by atoms with Crippen LogP contribution in [0.15, 0.2) is 22.7 Å². The van der Waals surface area contributed by atoms with Gasteiger partial charge in [-0.25, -0.2) is 0 Å². The number of aryl methyl sites for hydroxylation is 1. The fraction of sp³-hybridized carbons (Fsp3) is 0.533. The summed E-state index contributed by atoms with van der Waals surface area (Å²) in [5.41, 5.74) is 1.84. The molecule has 0 aromatic heterocycles. The molecule has 1 N–H and O–H groups in total. The summed E-state index contributed by atoms with van der Waals surface area (Å²) in [4.78, 5) is 12.3. The van der Waals surface area contributed by atoms with Crippen LogP contribution in [-0.2, 0) is 0 Å². The van der Waals surface area contributed by atoms with E-state index in [2.05, 4.69) is 21.2 Å². The van der Waals surface area contributed by atoms with Gasteiger partial charge >= 0.3 is 0 Å². The predicted molar refractivity (Wildman–Crippen MR) is 75.6 cm³/mol. The molecule has 0 radical (unpaired) electrons. The van der Waals surface area contributed by atoms with Gasteiger partial charge in [0.25, 0.3) is 5.91 Å². The smallest absolute Gasteiger partial charge is 0.251 e. The molecule has 96 valence electrons. The van der Waals surface area contributed by atoms with E-state index in [1.54, 1.807) is 0 Å². The van der Waals surface area contributed by atoms with Crippen molar-refractivity contribution >= 4 is 21.8 Å². The minimum atomic E-state index is 0.0892. The zero-order valence-corrected chi connectivity index (χ0v) is 12.2. The predicted octanol–water partition coefficient (Wildman–Crippen LogP) is 3.68. The van der Waals surface area contributed by atoms with Gasteiger partial charge in [-0.1, -0.05) is 28.4 Å². The van der Waals surface area contributed by atoms with Crippen molar-refractivity contribution < 1.29 is 4.79 Å². The maximum atomic E-state index is 12.3. The van der Waals surface area contributed by atoms with Gasteiger partial charge in [0.05, 0.1) is 0 Å². The van der Waals surface area contributed by atoms with Crippen molar-refractivity contribution in [3.05, 3.63) is 33.8 Å². The highest BCUT2D eigenvalue weighted by molar-refractivity contribution is 9.10. The van der Waals surface area contributed by atoms with Gasteiger partial charge < -0.3 is 5.32 Å². The highest BCUT2D eigenvalue weighted by Gasteiger charge is 2.40. The second-order valence-corrected chi connectivity index (χ2v) is 6.63. The van der Waals surface area contributed by atoms with E-state index in [0.29, 0.717) is 6.04 Å². The molecule has 3 heteroatoms. The van der Waals surface area contributed by atoms with Crippen LogP contribution in [0.25, 0.3) is 0 Å². The van der Waals surface area contributed by atoms with Crippen LogP contribution in [0.5, 0.6) is 0 Å². The van der Waals surface area contributed by atoms with E-state index in [0.717, 1.165) is 27.4 Å². The summed E-state index contributed by atoms with van der Waals surface area (Å²) in [6, 6.07) is 6.29. The van der Waals surface area contributed by atoms with Gasteiger partial charge in [0.2, 0.25) is 0 Å². The first-order chi connectivity index (χ1) is 8.63. The molecule has 2 aliphatic rings. The Kier molecular flexibility index (Phi) is 3.18. The van der Waals surface area contributed by atoms with Gasteiger partial charge in [0.15, 0.2) is 0 Å². The van der Waals surface area contributed by atoms with Crippen molar-refractivity contribution in [3.63, 3.8) is 0 Å². The number of halogens is 1. The molecule has 3 atom stereocenters. The molecule has 2 nitrogen and oxygen atoms in total. The third kappa shape index (κ3) is 2.20. The first kappa shape index (κ1) is 12.2. The van der Waals surface area contributed by atoms with Gasteiger partial charge in [0, 0.05) is 16.1 Å². The van der Waals surface area contributed by atoms with Crippen molar-refractivity contribution in [1.29, 1.82) is 0 Å². The average molecular weight is 308 g/mol. The van der Waals surface area contributed by atoms with Crippen LogP contribution in [0.1, 0.15) is 41.6 Å². The molecule has 1 amide bonds. The number of amides is 1. The lowest BCUT2D eigenvalue weighted by atomic mass is 9.95. The van der Waals surface area contributed by atoms with Gasteiger partial charge in [-0.3, -0.25) is 4.79 Å². The van der Waals surface area contributed by atoms with Crippen molar-refractivity contribution in [2.45, 2.75) is 38.6 Å². The highest BCUT2D eigenvalue weighted by atomic mass is 79.9. The van der Waals surface area contributed by atoms with E-state index < -0.39 is 0 Å². The van der Waals surface area contributed by atoms with Gasteiger partial charge in [0.1, 0.15) is 0 Å². The Hall–Kier alpha value is -0.830. The lowest BCUT2D eigenvalue weighted by molar-refractivity contribution is 0.0922. The molecule has 3 unspecified atom stereocenters. The van der Waals surface area contributed by atoms with Crippen LogP contribution < -0.4 is 5.32 Å². The summed E-state index contributed by atoms with van der Waals surface area (Å²) >= 11 is 3.43. The summed E-state index contributed by atoms with van der Waals surface area (Å²) in [6.45, 7) is 1.99. The quantitative estimate of drug-likeness (QED) is 0.887. The van der Waals surface area contributed by atoms with Crippen molar-refractivity contribution in [2.75, 3.05) is 0 Å². The standard InChI is InChI=1S/C15H18BrNO/c1-9-2-5-12(16)8-13(9)15(18)17-14-7-10-3-4-11(14)6-10/h2,5,8,10-11,14H,3-4,6-7H2,1H3,(H,17,18). The summed E-state index contributed by atoms with van der Waals surface area (Å²) in [6.07, 6.45) is 5.17. The molecule has 2 aliphatic carbocycles. The minimum Gasteiger partial charge on any atom is -0.349 e. The first-order valence-corrected chi connectivity index (χ1v) is 7.50. The van der Waals surface area contributed by atoms with E-state index in [9.17, 15) is 4.79 Å². The molecule has 0 heterocycles. The van der Waals surface area contributed by atoms with Crippen molar-refractivity contribution in [2.24, 2.45) is 11.8 Å². The lowest BCUT2D eigenvalue weighted by Crippen LogP contribution is -2.38. The van der Waals surface area contributed by atoms with E-state index in [-0.39, 0.29) is 5.91 Å². The third-order valence-corrected chi connectivity index (χ3v) is 4.99. The van der Waals surface area contributed by atoms with E-state index in [4.69, 9.17) is 0 Å². The van der Waals surface area contributed by atoms with Gasteiger partial charge in [-0.15, -0.1) is 0 Å². The van der Waals surface area contributed by atoms with Crippen molar-refractivity contribution in [3.8, 4) is 0 Å². The Labute approximate surface area is 116 Å². The molecule has 0 saturated heterocycles. The molecular formula is C15H18BrNO. The molecule has 2 fully saturated rings. The normalized spacial score (nSPS) is 29.6. The fourth-order valence-corrected chi connectivity index (χ4v) is 3.87. The Bertz CT molecular complexity index is 485. The second-order valence-electron chi connectivity index (χ2n) is 5.71. The molecular weight excluding hydrogens is 290 g/mol. The summed E-state index contributed by atoms with van der Waals surface area (Å²) in [5, 5.41) is 3.23. The molecule has 0 spiro atoms. The first-order valence-electron chi connectivity index (χ1n) is 6.70. The minimum absolute atomic E-state index is 0.0892. The lowest BCUT2D eigenvalue weighted by Gasteiger charge is -2.23. The number of hydrogen-bond acceptors (Lipinski definition) is 1. The number of carbonyl (C=O) groups excluding carboxylic acids is 1. The monoisotopic (exact) mass is 307 g/mol. The molecule has 0 aliphatic heterocycles. The second kappa shape index (κ2) is 4.69. The molecule has 1 aromatic carbocycles. The van der Waals surface area contributed by atoms with E-state index in [1.807, 2.05) is 25.1 Å². The Morgan fingerprint density at radius 1 is 1.33 bits per heavy atom. The molecule has 2 bridgehead atoms. The molecule has 2 saturated carbocycles. The third-order valence-electron chi connectivity index (χ3n) is 4.50. The van der Waals surface area contributed by atoms with Crippen LogP contribution in [0.4, 0.5) is 0 Å². The van der Waals surface area contributed by atoms with E-state index in [1.165, 1.54) is 25.7 Å². The van der Waals surface area contributed by atoms with Crippen LogP contribution in [0, 0.1) is 18.8 Å². The Balaban J connectivity index is 1.73. The maximum absolute atomic E-state index is 12.3. The van der Waals surface area contributed by atoms with Crippen molar-refractivity contribution in [1.82, 2.24) is 5.32 Å². The molecule has 1 aromatic rings. The number of hydrogen-bond donors (Lipinski definition) is 1. The fourth-order valence-electron chi connectivity index (χ4n) is 3.51. The zero-order valence-electron chi connectivity index (χ0n) is 10.6. The topological polar surface area (TPSA) is 29.1 Å². The van der Waals surface area contributed by atoms with E-state index >= 15 is 0 Å². The molecule has 18 heavy (non-hydrogen) atoms. The highest BCUT2D eigenvalue weighted by Crippen LogP contribution is 2.44. The van der Waals surface area contributed by atoms with Gasteiger partial charge in [-0.05, 0) is 55.7 Å². The zero-order chi connectivity index (χ0) is 12.7. The van der Waals surface area contributed by atoms with Crippen LogP contribution in [0.3, 0.4) is 0 Å². The largest absolute Gasteiger partial charge is 0.349 e. The van der Waals surface area contributed by atoms with Crippen LogP contribution in [0.2, 0.25) is 0 Å². The Morgan fingerprint density at radius 2 is 2.17 bits per heavy atom. The number of benzene rings is 1.